The molecule has 0 saturated carbocycles. The minimum absolute atomic E-state index is 0.0217. The van der Waals surface area contributed by atoms with Crippen LogP contribution in [-0.4, -0.2) is 38.4 Å². The predicted octanol–water partition coefficient (Wildman–Crippen LogP) is 0.938. The van der Waals surface area contributed by atoms with Crippen molar-refractivity contribution < 1.29 is 19.1 Å². The van der Waals surface area contributed by atoms with E-state index in [2.05, 4.69) is 20.4 Å². The molecule has 0 bridgehead atoms. The van der Waals surface area contributed by atoms with Gasteiger partial charge in [-0.2, -0.15) is 10.5 Å². The summed E-state index contributed by atoms with van der Waals surface area (Å²) in [6, 6.07) is 6.12. The highest BCUT2D eigenvalue weighted by Gasteiger charge is 2.37. The summed E-state index contributed by atoms with van der Waals surface area (Å²) >= 11 is 0. The van der Waals surface area contributed by atoms with Gasteiger partial charge in [-0.25, -0.2) is 0 Å². The number of benzene rings is 1. The number of phenols is 1. The molecule has 4 aromatic rings. The van der Waals surface area contributed by atoms with Gasteiger partial charge in [-0.05, 0) is 6.07 Å². The van der Waals surface area contributed by atoms with E-state index < -0.39 is 39.7 Å². The van der Waals surface area contributed by atoms with Gasteiger partial charge in [-0.15, -0.1) is 0 Å². The third-order valence-electron chi connectivity index (χ3n) is 4.82. The number of furan rings is 1. The van der Waals surface area contributed by atoms with Gasteiger partial charge in [0.15, 0.2) is 5.78 Å². The number of nitriles is 2. The van der Waals surface area contributed by atoms with Crippen LogP contribution in [0.2, 0.25) is 0 Å². The molecule has 0 aliphatic rings. The van der Waals surface area contributed by atoms with E-state index in [-0.39, 0.29) is 28.3 Å². The topological polar surface area (TPSA) is 205 Å². The van der Waals surface area contributed by atoms with Crippen molar-refractivity contribution in [2.24, 2.45) is 0 Å². The van der Waals surface area contributed by atoms with Crippen molar-refractivity contribution in [3.05, 3.63) is 67.2 Å². The number of rotatable bonds is 5. The van der Waals surface area contributed by atoms with Crippen LogP contribution in [-0.2, 0) is 0 Å². The van der Waals surface area contributed by atoms with E-state index in [1.807, 2.05) is 0 Å². The molecule has 4 rings (SSSR count). The van der Waals surface area contributed by atoms with Gasteiger partial charge >= 0.3 is 0 Å². The molecule has 154 valence electrons. The van der Waals surface area contributed by atoms with Crippen molar-refractivity contribution in [3.63, 3.8) is 0 Å². The molecule has 3 aromatic heterocycles. The van der Waals surface area contributed by atoms with Gasteiger partial charge in [-0.3, -0.25) is 34.8 Å². The SMILES string of the molecule is COc1c(C(=O)C(c2[nH][nH]c(=O)c2C#N)c2[nH][nH]c(=O)c2C#N)c(O)cc2occc12. The molecule has 0 atom stereocenters. The Kier molecular flexibility index (Phi) is 4.45. The number of aromatic amines is 4. The fourth-order valence-corrected chi connectivity index (χ4v) is 3.47. The van der Waals surface area contributed by atoms with Crippen molar-refractivity contribution in [1.29, 1.82) is 10.5 Å². The Morgan fingerprint density at radius 3 is 2.19 bits per heavy atom. The first-order chi connectivity index (χ1) is 14.9. The highest BCUT2D eigenvalue weighted by molar-refractivity contribution is 6.11. The molecule has 0 fully saturated rings. The Morgan fingerprint density at radius 1 is 1.10 bits per heavy atom. The van der Waals surface area contributed by atoms with E-state index in [1.165, 1.54) is 25.5 Å². The second-order valence-electron chi connectivity index (χ2n) is 6.39. The lowest BCUT2D eigenvalue weighted by atomic mass is 9.87. The maximum Gasteiger partial charge on any atom is 0.282 e. The largest absolute Gasteiger partial charge is 0.507 e. The number of Topliss-reactive ketones (excluding diaryl/α,β-unsaturated/α-hetero) is 1. The molecular formula is C19H12N6O6. The van der Waals surface area contributed by atoms with E-state index in [9.17, 15) is 30.0 Å². The fourth-order valence-electron chi connectivity index (χ4n) is 3.47. The third kappa shape index (κ3) is 2.79. The zero-order chi connectivity index (χ0) is 22.3. The molecule has 12 heteroatoms. The van der Waals surface area contributed by atoms with Crippen LogP contribution in [0.3, 0.4) is 0 Å². The highest BCUT2D eigenvalue weighted by Crippen LogP contribution is 2.41. The number of carbonyl (C=O) groups is 1. The van der Waals surface area contributed by atoms with Gasteiger partial charge in [0, 0.05) is 6.07 Å². The van der Waals surface area contributed by atoms with E-state index in [0.717, 1.165) is 0 Å². The Hall–Kier alpha value is -4.97. The second kappa shape index (κ2) is 7.13. The van der Waals surface area contributed by atoms with Crippen LogP contribution in [0.5, 0.6) is 11.5 Å². The molecule has 0 aliphatic heterocycles. The van der Waals surface area contributed by atoms with Gasteiger partial charge in [0.1, 0.15) is 51.8 Å². The van der Waals surface area contributed by atoms with Crippen molar-refractivity contribution in [1.82, 2.24) is 20.4 Å². The van der Waals surface area contributed by atoms with Gasteiger partial charge in [-0.1, -0.05) is 0 Å². The number of fused-ring (bicyclic) bond motifs is 1. The first kappa shape index (κ1) is 19.4. The number of nitrogens with zero attached hydrogens (tertiary/aromatic N) is 2. The van der Waals surface area contributed by atoms with Crippen LogP contribution in [0.25, 0.3) is 11.0 Å². The summed E-state index contributed by atoms with van der Waals surface area (Å²) < 4.78 is 10.6. The van der Waals surface area contributed by atoms with Gasteiger partial charge in [0.2, 0.25) is 0 Å². The van der Waals surface area contributed by atoms with Crippen LogP contribution >= 0.6 is 0 Å². The van der Waals surface area contributed by atoms with Gasteiger partial charge in [0.25, 0.3) is 11.1 Å². The Morgan fingerprint density at radius 2 is 1.68 bits per heavy atom. The lowest BCUT2D eigenvalue weighted by Crippen LogP contribution is -2.20. The molecule has 31 heavy (non-hydrogen) atoms. The minimum atomic E-state index is -1.54. The summed E-state index contributed by atoms with van der Waals surface area (Å²) in [4.78, 5) is 37.7. The number of ketones is 1. The van der Waals surface area contributed by atoms with E-state index in [0.29, 0.717) is 5.39 Å². The number of phenolic OH excluding ortho intramolecular Hbond substituents is 1. The lowest BCUT2D eigenvalue weighted by molar-refractivity contribution is 0.0965. The van der Waals surface area contributed by atoms with Gasteiger partial charge < -0.3 is 14.3 Å². The summed E-state index contributed by atoms with van der Waals surface area (Å²) in [7, 11) is 1.28. The maximum absolute atomic E-state index is 13.7. The van der Waals surface area contributed by atoms with Crippen LogP contribution < -0.4 is 15.9 Å². The molecular weight excluding hydrogens is 408 g/mol. The van der Waals surface area contributed by atoms with E-state index in [4.69, 9.17) is 9.15 Å². The summed E-state index contributed by atoms with van der Waals surface area (Å²) in [5, 5.41) is 39.1. The fraction of sp³-hybridized carbons (Fsp3) is 0.105. The van der Waals surface area contributed by atoms with Crippen LogP contribution in [0.4, 0.5) is 0 Å². The molecule has 0 radical (unpaired) electrons. The number of carbonyl (C=O) groups excluding carboxylic acids is 1. The molecule has 0 spiro atoms. The third-order valence-corrected chi connectivity index (χ3v) is 4.82. The van der Waals surface area contributed by atoms with E-state index in [1.54, 1.807) is 12.1 Å². The van der Waals surface area contributed by atoms with Crippen LogP contribution in [0, 0.1) is 22.7 Å². The first-order valence-electron chi connectivity index (χ1n) is 8.65. The number of ether oxygens (including phenoxy) is 1. The lowest BCUT2D eigenvalue weighted by Gasteiger charge is -2.17. The first-order valence-corrected chi connectivity index (χ1v) is 8.65. The summed E-state index contributed by atoms with van der Waals surface area (Å²) in [5.41, 5.74) is -2.88. The number of H-pyrrole nitrogens is 4. The number of aromatic nitrogens is 4. The van der Waals surface area contributed by atoms with Crippen molar-refractivity contribution in [2.75, 3.05) is 7.11 Å². The number of aromatic hydroxyl groups is 1. The van der Waals surface area contributed by atoms with Crippen LogP contribution in [0.15, 0.2) is 32.4 Å². The molecule has 0 unspecified atom stereocenters. The Balaban J connectivity index is 2.05. The summed E-state index contributed by atoms with van der Waals surface area (Å²) in [5.74, 6) is -2.91. The monoisotopic (exact) mass is 420 g/mol. The Bertz CT molecular complexity index is 1470. The van der Waals surface area contributed by atoms with Crippen molar-refractivity contribution in [2.45, 2.75) is 5.92 Å². The molecule has 1 aromatic carbocycles. The van der Waals surface area contributed by atoms with Gasteiger partial charge in [0.05, 0.1) is 30.1 Å². The molecule has 0 amide bonds. The number of methoxy groups -OCH3 is 1. The van der Waals surface area contributed by atoms with Crippen LogP contribution in [0.1, 0.15) is 38.8 Å². The highest BCUT2D eigenvalue weighted by atomic mass is 16.5. The van der Waals surface area contributed by atoms with Crippen molar-refractivity contribution in [3.8, 4) is 23.6 Å². The second-order valence-corrected chi connectivity index (χ2v) is 6.39. The molecule has 5 N–H and O–H groups in total. The Labute approximate surface area is 171 Å². The average Bonchev–Trinajstić information content (AvgIpc) is 3.46. The standard InChI is InChI=1S/C19H12N6O6/c1-30-17-7-2-3-31-11(7)4-10(26)12(17)16(27)13(14-8(5-20)18(28)24-22-14)15-9(6-21)19(29)25-23-15/h2-4,13,26H,1H3,(H2,22,24,28)(H2,23,25,29). The summed E-state index contributed by atoms with van der Waals surface area (Å²) in [6.45, 7) is 0. The molecule has 0 saturated heterocycles. The van der Waals surface area contributed by atoms with Crippen molar-refractivity contribution >= 4 is 16.8 Å². The smallest absolute Gasteiger partial charge is 0.282 e. The molecule has 12 nitrogen and oxygen atoms in total. The normalized spacial score (nSPS) is 10.8. The zero-order valence-electron chi connectivity index (χ0n) is 15.7. The minimum Gasteiger partial charge on any atom is -0.507 e. The molecule has 3 heterocycles. The zero-order valence-corrected chi connectivity index (χ0v) is 15.7. The average molecular weight is 420 g/mol. The quantitative estimate of drug-likeness (QED) is 0.293. The number of nitrogens with one attached hydrogen (secondary N) is 4. The number of hydrogen-bond donors (Lipinski definition) is 5. The maximum atomic E-state index is 13.7. The molecule has 0 aliphatic carbocycles. The summed E-state index contributed by atoms with van der Waals surface area (Å²) in [6.07, 6.45) is 1.34. The van der Waals surface area contributed by atoms with E-state index >= 15 is 0 Å². The predicted molar refractivity (Wildman–Crippen MR) is 103 cm³/mol. The number of hydrogen-bond acceptors (Lipinski definition) is 8.